The monoisotopic (exact) mass is 406 g/mol. The van der Waals surface area contributed by atoms with E-state index in [2.05, 4.69) is 10.1 Å². The smallest absolute Gasteiger partial charge is 0.270 e. The van der Waals surface area contributed by atoms with Crippen molar-refractivity contribution in [1.29, 1.82) is 0 Å². The average molecular weight is 406 g/mol. The highest BCUT2D eigenvalue weighted by Gasteiger charge is 2.15. The Bertz CT molecular complexity index is 1030. The van der Waals surface area contributed by atoms with Crippen molar-refractivity contribution in [2.75, 3.05) is 13.1 Å². The van der Waals surface area contributed by atoms with Gasteiger partial charge in [0.25, 0.3) is 5.69 Å². The summed E-state index contributed by atoms with van der Waals surface area (Å²) in [5.74, 6) is 0.572. The third kappa shape index (κ3) is 5.60. The molecule has 30 heavy (non-hydrogen) atoms. The first kappa shape index (κ1) is 20.9. The number of carbonyl (C=O) groups is 1. The number of benzene rings is 2. The highest BCUT2D eigenvalue weighted by Crippen LogP contribution is 2.21. The Morgan fingerprint density at radius 3 is 2.70 bits per heavy atom. The van der Waals surface area contributed by atoms with Crippen LogP contribution < -0.4 is 0 Å². The van der Waals surface area contributed by atoms with E-state index >= 15 is 0 Å². The van der Waals surface area contributed by atoms with Crippen LogP contribution in [0.3, 0.4) is 0 Å². The van der Waals surface area contributed by atoms with Gasteiger partial charge in [-0.05, 0) is 18.1 Å². The minimum absolute atomic E-state index is 0.0382. The lowest BCUT2D eigenvalue weighted by atomic mass is 10.2. The van der Waals surface area contributed by atoms with Crippen molar-refractivity contribution in [3.63, 3.8) is 0 Å². The Morgan fingerprint density at radius 2 is 1.97 bits per heavy atom. The van der Waals surface area contributed by atoms with Gasteiger partial charge in [-0.15, -0.1) is 0 Å². The molecule has 0 aliphatic carbocycles. The van der Waals surface area contributed by atoms with Crippen LogP contribution in [0, 0.1) is 10.1 Å². The van der Waals surface area contributed by atoms with E-state index in [0.717, 1.165) is 12.0 Å². The second kappa shape index (κ2) is 10.1. The molecule has 1 heterocycles. The van der Waals surface area contributed by atoms with Crippen LogP contribution in [0.25, 0.3) is 17.5 Å². The molecule has 154 valence electrons. The minimum Gasteiger partial charge on any atom is -0.339 e. The van der Waals surface area contributed by atoms with Gasteiger partial charge in [0.2, 0.25) is 17.6 Å². The van der Waals surface area contributed by atoms with E-state index in [-0.39, 0.29) is 17.4 Å². The van der Waals surface area contributed by atoms with Crippen molar-refractivity contribution in [3.8, 4) is 11.4 Å². The van der Waals surface area contributed by atoms with Gasteiger partial charge in [-0.2, -0.15) is 4.98 Å². The lowest BCUT2D eigenvalue weighted by Crippen LogP contribution is -2.32. The van der Waals surface area contributed by atoms with Crippen LogP contribution in [-0.4, -0.2) is 39.0 Å². The van der Waals surface area contributed by atoms with Gasteiger partial charge in [-0.25, -0.2) is 0 Å². The summed E-state index contributed by atoms with van der Waals surface area (Å²) in [7, 11) is 0. The molecule has 8 heteroatoms. The molecular weight excluding hydrogens is 384 g/mol. The summed E-state index contributed by atoms with van der Waals surface area (Å²) < 4.78 is 5.27. The molecule has 0 saturated heterocycles. The zero-order chi connectivity index (χ0) is 21.3. The number of aromatic nitrogens is 2. The molecule has 1 aromatic heterocycles. The van der Waals surface area contributed by atoms with E-state index in [4.69, 9.17) is 4.52 Å². The van der Waals surface area contributed by atoms with Crippen LogP contribution in [0.15, 0.2) is 65.2 Å². The highest BCUT2D eigenvalue weighted by atomic mass is 16.6. The predicted octanol–water partition coefficient (Wildman–Crippen LogP) is 4.14. The predicted molar refractivity (Wildman–Crippen MR) is 112 cm³/mol. The summed E-state index contributed by atoms with van der Waals surface area (Å²) in [5, 5.41) is 14.8. The van der Waals surface area contributed by atoms with E-state index in [1.807, 2.05) is 37.3 Å². The fourth-order valence-electron chi connectivity index (χ4n) is 2.90. The maximum absolute atomic E-state index is 12.6. The fourth-order valence-corrected chi connectivity index (χ4v) is 2.90. The third-order valence-electron chi connectivity index (χ3n) is 4.40. The zero-order valence-electron chi connectivity index (χ0n) is 16.6. The quantitative estimate of drug-likeness (QED) is 0.301. The first-order valence-corrected chi connectivity index (χ1v) is 9.66. The minimum atomic E-state index is -0.471. The number of nitro benzene ring substituents is 1. The number of nitrogens with zero attached hydrogens (tertiary/aromatic N) is 4. The van der Waals surface area contributed by atoms with Gasteiger partial charge in [-0.1, -0.05) is 54.5 Å². The van der Waals surface area contributed by atoms with Gasteiger partial charge >= 0.3 is 0 Å². The molecule has 0 atom stereocenters. The van der Waals surface area contributed by atoms with E-state index in [0.29, 0.717) is 31.0 Å². The van der Waals surface area contributed by atoms with Gasteiger partial charge < -0.3 is 9.42 Å². The van der Waals surface area contributed by atoms with Gasteiger partial charge in [0.15, 0.2) is 0 Å². The van der Waals surface area contributed by atoms with Crippen molar-refractivity contribution >= 4 is 17.7 Å². The van der Waals surface area contributed by atoms with Gasteiger partial charge in [0, 0.05) is 43.3 Å². The van der Waals surface area contributed by atoms with Crippen molar-refractivity contribution in [2.24, 2.45) is 0 Å². The normalized spacial score (nSPS) is 11.0. The average Bonchev–Trinajstić information content (AvgIpc) is 3.25. The number of hydrogen-bond donors (Lipinski definition) is 0. The Balaban J connectivity index is 1.64. The van der Waals surface area contributed by atoms with Crippen LogP contribution in [0.1, 0.15) is 24.8 Å². The number of non-ortho nitro benzene ring substituents is 1. The Morgan fingerprint density at radius 1 is 1.17 bits per heavy atom. The number of carbonyl (C=O) groups excluding carboxylic acids is 1. The maximum atomic E-state index is 12.6. The van der Waals surface area contributed by atoms with Gasteiger partial charge in [-0.3, -0.25) is 14.9 Å². The van der Waals surface area contributed by atoms with Gasteiger partial charge in [0.05, 0.1) is 4.92 Å². The molecule has 0 saturated carbocycles. The first-order chi connectivity index (χ1) is 14.6. The molecule has 1 amide bonds. The molecule has 8 nitrogen and oxygen atoms in total. The number of hydrogen-bond acceptors (Lipinski definition) is 6. The molecule has 0 aliphatic rings. The van der Waals surface area contributed by atoms with E-state index in [1.54, 1.807) is 29.2 Å². The summed E-state index contributed by atoms with van der Waals surface area (Å²) >= 11 is 0. The lowest BCUT2D eigenvalue weighted by molar-refractivity contribution is -0.384. The standard InChI is InChI=1S/C22H22N4O4/c1-2-14-25(21(27)12-11-17-7-4-3-5-8-17)15-13-20-23-22(24-30-20)18-9-6-10-19(16-18)26(28)29/h3-12,16H,2,13-15H2,1H3/b12-11+. The van der Waals surface area contributed by atoms with Gasteiger partial charge in [0.1, 0.15) is 0 Å². The maximum Gasteiger partial charge on any atom is 0.270 e. The lowest BCUT2D eigenvalue weighted by Gasteiger charge is -2.19. The van der Waals surface area contributed by atoms with Crippen LogP contribution in [0.4, 0.5) is 5.69 Å². The molecule has 0 unspecified atom stereocenters. The van der Waals surface area contributed by atoms with Crippen molar-refractivity contribution in [1.82, 2.24) is 15.0 Å². The molecule has 0 spiro atoms. The molecule has 3 rings (SSSR count). The van der Waals surface area contributed by atoms with Crippen LogP contribution in [0.2, 0.25) is 0 Å². The number of rotatable bonds is 9. The van der Waals surface area contributed by atoms with E-state index in [1.165, 1.54) is 12.1 Å². The largest absolute Gasteiger partial charge is 0.339 e. The van der Waals surface area contributed by atoms with Crippen molar-refractivity contribution in [2.45, 2.75) is 19.8 Å². The molecule has 2 aromatic carbocycles. The molecule has 0 bridgehead atoms. The molecule has 3 aromatic rings. The Kier molecular flexibility index (Phi) is 7.05. The summed E-state index contributed by atoms with van der Waals surface area (Å²) in [5.41, 5.74) is 1.43. The van der Waals surface area contributed by atoms with Crippen molar-refractivity contribution < 1.29 is 14.2 Å². The molecule has 0 radical (unpaired) electrons. The summed E-state index contributed by atoms with van der Waals surface area (Å²) in [4.78, 5) is 29.1. The number of amides is 1. The van der Waals surface area contributed by atoms with Crippen LogP contribution in [-0.2, 0) is 11.2 Å². The molecular formula is C22H22N4O4. The van der Waals surface area contributed by atoms with Crippen molar-refractivity contribution in [3.05, 3.63) is 82.2 Å². The fraction of sp³-hybridized carbons (Fsp3) is 0.227. The van der Waals surface area contributed by atoms with Crippen LogP contribution in [0.5, 0.6) is 0 Å². The summed E-state index contributed by atoms with van der Waals surface area (Å²) in [6.45, 7) is 3.06. The second-order valence-electron chi connectivity index (χ2n) is 6.64. The van der Waals surface area contributed by atoms with E-state index in [9.17, 15) is 14.9 Å². The highest BCUT2D eigenvalue weighted by molar-refractivity contribution is 5.91. The molecule has 0 N–H and O–H groups in total. The van der Waals surface area contributed by atoms with E-state index < -0.39 is 4.92 Å². The molecule has 0 fully saturated rings. The summed E-state index contributed by atoms with van der Waals surface area (Å²) in [6, 6.07) is 15.7. The summed E-state index contributed by atoms with van der Waals surface area (Å²) in [6.07, 6.45) is 4.58. The third-order valence-corrected chi connectivity index (χ3v) is 4.40. The molecule has 0 aliphatic heterocycles. The number of nitro groups is 1. The Hall–Kier alpha value is -3.81. The van der Waals surface area contributed by atoms with Crippen LogP contribution >= 0.6 is 0 Å². The first-order valence-electron chi connectivity index (χ1n) is 9.66. The zero-order valence-corrected chi connectivity index (χ0v) is 16.6. The Labute approximate surface area is 174 Å². The second-order valence-corrected chi connectivity index (χ2v) is 6.64. The topological polar surface area (TPSA) is 102 Å². The SMILES string of the molecule is CCCN(CCc1nc(-c2cccc([N+](=O)[O-])c2)no1)C(=O)/C=C/c1ccccc1.